The number of halogens is 4. The molecule has 22 heavy (non-hydrogen) atoms. The molecule has 0 spiro atoms. The maximum absolute atomic E-state index is 12.6. The SMILES string of the molecule is Cl.NCC(C(=O)N1CCC(C(F)(F)F)CC1)c1ccccc1. The first-order chi connectivity index (χ1) is 9.93. The van der Waals surface area contributed by atoms with E-state index in [2.05, 4.69) is 0 Å². The van der Waals surface area contributed by atoms with Crippen molar-refractivity contribution >= 4 is 18.3 Å². The third kappa shape index (κ3) is 4.36. The van der Waals surface area contributed by atoms with Gasteiger partial charge in [-0.2, -0.15) is 13.2 Å². The predicted molar refractivity (Wildman–Crippen MR) is 80.8 cm³/mol. The molecule has 1 aromatic rings. The van der Waals surface area contributed by atoms with Gasteiger partial charge in [0.25, 0.3) is 0 Å². The molecule has 1 heterocycles. The van der Waals surface area contributed by atoms with Gasteiger partial charge in [0, 0.05) is 19.6 Å². The molecule has 3 nitrogen and oxygen atoms in total. The number of nitrogens with two attached hydrogens (primary N) is 1. The Morgan fingerprint density at radius 3 is 2.23 bits per heavy atom. The van der Waals surface area contributed by atoms with Crippen LogP contribution in [0.1, 0.15) is 24.3 Å². The van der Waals surface area contributed by atoms with Gasteiger partial charge >= 0.3 is 6.18 Å². The van der Waals surface area contributed by atoms with Crippen molar-refractivity contribution in [3.8, 4) is 0 Å². The van der Waals surface area contributed by atoms with Gasteiger partial charge in [-0.25, -0.2) is 0 Å². The maximum atomic E-state index is 12.6. The first kappa shape index (κ1) is 18.8. The predicted octanol–water partition coefficient (Wildman–Crippen LogP) is 2.95. The van der Waals surface area contributed by atoms with Gasteiger partial charge in [-0.3, -0.25) is 4.79 Å². The molecule has 0 aliphatic carbocycles. The smallest absolute Gasteiger partial charge is 0.342 e. The summed E-state index contributed by atoms with van der Waals surface area (Å²) in [7, 11) is 0. The van der Waals surface area contributed by atoms with Gasteiger partial charge in [0.2, 0.25) is 5.91 Å². The Kier molecular flexibility index (Phi) is 6.68. The fourth-order valence-corrected chi connectivity index (χ4v) is 2.71. The summed E-state index contributed by atoms with van der Waals surface area (Å²) < 4.78 is 37.9. The van der Waals surface area contributed by atoms with Crippen molar-refractivity contribution in [1.29, 1.82) is 0 Å². The van der Waals surface area contributed by atoms with E-state index in [1.165, 1.54) is 4.90 Å². The van der Waals surface area contributed by atoms with Crippen LogP contribution in [0.2, 0.25) is 0 Å². The Morgan fingerprint density at radius 1 is 1.23 bits per heavy atom. The molecule has 2 rings (SSSR count). The Morgan fingerprint density at radius 2 is 1.77 bits per heavy atom. The van der Waals surface area contributed by atoms with Gasteiger partial charge in [0.15, 0.2) is 0 Å². The number of alkyl halides is 3. The average molecular weight is 337 g/mol. The quantitative estimate of drug-likeness (QED) is 0.922. The van der Waals surface area contributed by atoms with E-state index in [0.717, 1.165) is 5.56 Å². The molecule has 1 fully saturated rings. The van der Waals surface area contributed by atoms with E-state index in [1.54, 1.807) is 0 Å². The topological polar surface area (TPSA) is 46.3 Å². The van der Waals surface area contributed by atoms with E-state index >= 15 is 0 Å². The molecule has 1 unspecified atom stereocenters. The van der Waals surface area contributed by atoms with Gasteiger partial charge < -0.3 is 10.6 Å². The highest BCUT2D eigenvalue weighted by molar-refractivity contribution is 5.85. The Balaban J connectivity index is 0.00000242. The number of amides is 1. The lowest BCUT2D eigenvalue weighted by molar-refractivity contribution is -0.186. The molecule has 1 atom stereocenters. The molecular weight excluding hydrogens is 317 g/mol. The van der Waals surface area contributed by atoms with Crippen LogP contribution in [0.4, 0.5) is 13.2 Å². The van der Waals surface area contributed by atoms with E-state index in [9.17, 15) is 18.0 Å². The van der Waals surface area contributed by atoms with Crippen molar-refractivity contribution in [2.24, 2.45) is 11.7 Å². The molecule has 1 aliphatic rings. The lowest BCUT2D eigenvalue weighted by Crippen LogP contribution is -2.45. The van der Waals surface area contributed by atoms with Crippen LogP contribution in [0.3, 0.4) is 0 Å². The normalized spacial score (nSPS) is 17.7. The van der Waals surface area contributed by atoms with Crippen LogP contribution in [0.5, 0.6) is 0 Å². The summed E-state index contributed by atoms with van der Waals surface area (Å²) in [6.45, 7) is 0.445. The number of rotatable bonds is 3. The standard InChI is InChI=1S/C15H19F3N2O.ClH/c16-15(17,18)12-6-8-20(9-7-12)14(21)13(10-19)11-4-2-1-3-5-11;/h1-5,12-13H,6-10,19H2;1H. The zero-order chi connectivity index (χ0) is 15.5. The van der Waals surface area contributed by atoms with Crippen LogP contribution in [0.25, 0.3) is 0 Å². The molecule has 0 saturated carbocycles. The summed E-state index contributed by atoms with van der Waals surface area (Å²) in [5.41, 5.74) is 6.49. The van der Waals surface area contributed by atoms with Crippen molar-refractivity contribution in [3.63, 3.8) is 0 Å². The molecular formula is C15H20ClF3N2O. The Bertz CT molecular complexity index is 473. The molecule has 1 saturated heterocycles. The highest BCUT2D eigenvalue weighted by atomic mass is 35.5. The lowest BCUT2D eigenvalue weighted by atomic mass is 9.93. The molecule has 0 radical (unpaired) electrons. The van der Waals surface area contributed by atoms with Gasteiger partial charge in [-0.15, -0.1) is 12.4 Å². The Labute approximate surface area is 134 Å². The minimum absolute atomic E-state index is 0. The highest BCUT2D eigenvalue weighted by Gasteiger charge is 2.42. The van der Waals surface area contributed by atoms with Crippen LogP contribution in [-0.4, -0.2) is 36.6 Å². The Hall–Kier alpha value is -1.27. The van der Waals surface area contributed by atoms with Crippen LogP contribution >= 0.6 is 12.4 Å². The number of carbonyl (C=O) groups is 1. The second kappa shape index (κ2) is 7.83. The second-order valence-electron chi connectivity index (χ2n) is 5.34. The highest BCUT2D eigenvalue weighted by Crippen LogP contribution is 2.34. The lowest BCUT2D eigenvalue weighted by Gasteiger charge is -2.34. The minimum Gasteiger partial charge on any atom is -0.342 e. The zero-order valence-corrected chi connectivity index (χ0v) is 12.9. The van der Waals surface area contributed by atoms with Gasteiger partial charge in [0.05, 0.1) is 11.8 Å². The summed E-state index contributed by atoms with van der Waals surface area (Å²) in [5, 5.41) is 0. The molecule has 1 aromatic carbocycles. The molecule has 0 bridgehead atoms. The van der Waals surface area contributed by atoms with Crippen molar-refractivity contribution in [1.82, 2.24) is 4.90 Å². The zero-order valence-electron chi connectivity index (χ0n) is 12.1. The average Bonchev–Trinajstić information content (AvgIpc) is 2.48. The molecule has 0 aromatic heterocycles. The fraction of sp³-hybridized carbons (Fsp3) is 0.533. The van der Waals surface area contributed by atoms with E-state index in [1.807, 2.05) is 30.3 Å². The number of likely N-dealkylation sites (tertiary alicyclic amines) is 1. The summed E-state index contributed by atoms with van der Waals surface area (Å²) in [6.07, 6.45) is -4.22. The van der Waals surface area contributed by atoms with Crippen LogP contribution in [-0.2, 0) is 4.79 Å². The summed E-state index contributed by atoms with van der Waals surface area (Å²) in [5.74, 6) is -1.95. The van der Waals surface area contributed by atoms with Crippen LogP contribution < -0.4 is 5.73 Å². The third-order valence-electron chi connectivity index (χ3n) is 4.01. The summed E-state index contributed by atoms with van der Waals surface area (Å²) >= 11 is 0. The van der Waals surface area contributed by atoms with Gasteiger partial charge in [0.1, 0.15) is 0 Å². The minimum atomic E-state index is -4.16. The molecule has 2 N–H and O–H groups in total. The molecule has 124 valence electrons. The largest absolute Gasteiger partial charge is 0.391 e. The number of carbonyl (C=O) groups excluding carboxylic acids is 1. The van der Waals surface area contributed by atoms with Crippen LogP contribution in [0.15, 0.2) is 30.3 Å². The van der Waals surface area contributed by atoms with E-state index in [4.69, 9.17) is 5.73 Å². The van der Waals surface area contributed by atoms with Crippen molar-refractivity contribution in [2.45, 2.75) is 24.9 Å². The number of nitrogens with zero attached hydrogens (tertiary/aromatic N) is 1. The van der Waals surface area contributed by atoms with Gasteiger partial charge in [-0.1, -0.05) is 30.3 Å². The monoisotopic (exact) mass is 336 g/mol. The number of hydrogen-bond donors (Lipinski definition) is 1. The van der Waals surface area contributed by atoms with E-state index in [-0.39, 0.29) is 50.8 Å². The second-order valence-corrected chi connectivity index (χ2v) is 5.34. The maximum Gasteiger partial charge on any atom is 0.391 e. The number of piperidine rings is 1. The van der Waals surface area contributed by atoms with Crippen molar-refractivity contribution < 1.29 is 18.0 Å². The van der Waals surface area contributed by atoms with E-state index < -0.39 is 18.0 Å². The summed E-state index contributed by atoms with van der Waals surface area (Å²) in [6, 6.07) is 9.12. The van der Waals surface area contributed by atoms with Crippen molar-refractivity contribution in [3.05, 3.63) is 35.9 Å². The third-order valence-corrected chi connectivity index (χ3v) is 4.01. The van der Waals surface area contributed by atoms with E-state index in [0.29, 0.717) is 0 Å². The fourth-order valence-electron chi connectivity index (χ4n) is 2.71. The number of benzene rings is 1. The first-order valence-electron chi connectivity index (χ1n) is 7.04. The van der Waals surface area contributed by atoms with Crippen molar-refractivity contribution in [2.75, 3.05) is 19.6 Å². The number of hydrogen-bond acceptors (Lipinski definition) is 2. The molecule has 1 amide bonds. The van der Waals surface area contributed by atoms with Crippen LogP contribution in [0, 0.1) is 5.92 Å². The van der Waals surface area contributed by atoms with Gasteiger partial charge in [-0.05, 0) is 18.4 Å². The first-order valence-corrected chi connectivity index (χ1v) is 7.04. The summed E-state index contributed by atoms with van der Waals surface area (Å²) in [4.78, 5) is 14.0. The molecule has 1 aliphatic heterocycles. The molecule has 7 heteroatoms.